The standard InChI is InChI=1S/C26H34F3N3O5S/c1-6-23(25(34)30-15-18(2)3)31(16-19-9-7-12-22(13-19)37-4)24(33)17-32(38(5,35)36)21-11-8-10-20(14-21)26(27,28)29/h7-14,18,23H,6,15-17H2,1-5H3,(H,30,34)/t23-/m1/s1. The Labute approximate surface area is 221 Å². The molecule has 38 heavy (non-hydrogen) atoms. The molecule has 210 valence electrons. The number of sulfonamides is 1. The maximum Gasteiger partial charge on any atom is 0.416 e. The van der Waals surface area contributed by atoms with Crippen LogP contribution in [0, 0.1) is 5.92 Å². The van der Waals surface area contributed by atoms with Gasteiger partial charge in [-0.15, -0.1) is 0 Å². The molecule has 12 heteroatoms. The van der Waals surface area contributed by atoms with Gasteiger partial charge < -0.3 is 15.0 Å². The van der Waals surface area contributed by atoms with Gasteiger partial charge in [-0.1, -0.05) is 39.0 Å². The van der Waals surface area contributed by atoms with Crippen LogP contribution in [-0.4, -0.2) is 57.6 Å². The highest BCUT2D eigenvalue weighted by Crippen LogP contribution is 2.32. The number of ether oxygens (including phenoxy) is 1. The molecule has 1 N–H and O–H groups in total. The molecule has 0 aliphatic rings. The van der Waals surface area contributed by atoms with E-state index in [4.69, 9.17) is 4.74 Å². The van der Waals surface area contributed by atoms with E-state index in [9.17, 15) is 31.2 Å². The van der Waals surface area contributed by atoms with Crippen LogP contribution < -0.4 is 14.4 Å². The van der Waals surface area contributed by atoms with Crippen LogP contribution in [0.15, 0.2) is 48.5 Å². The van der Waals surface area contributed by atoms with Crippen LogP contribution in [0.4, 0.5) is 18.9 Å². The van der Waals surface area contributed by atoms with E-state index in [1.807, 2.05) is 13.8 Å². The summed E-state index contributed by atoms with van der Waals surface area (Å²) >= 11 is 0. The minimum atomic E-state index is -4.70. The van der Waals surface area contributed by atoms with Gasteiger partial charge in [-0.2, -0.15) is 13.2 Å². The summed E-state index contributed by atoms with van der Waals surface area (Å²) in [5.41, 5.74) is -0.740. The Hall–Kier alpha value is -3.28. The molecule has 0 saturated heterocycles. The predicted molar refractivity (Wildman–Crippen MR) is 139 cm³/mol. The summed E-state index contributed by atoms with van der Waals surface area (Å²) in [6.07, 6.45) is -3.68. The van der Waals surface area contributed by atoms with Crippen molar-refractivity contribution in [3.05, 3.63) is 59.7 Å². The Morgan fingerprint density at radius 1 is 1.08 bits per heavy atom. The van der Waals surface area contributed by atoms with Crippen molar-refractivity contribution in [2.75, 3.05) is 30.8 Å². The van der Waals surface area contributed by atoms with E-state index in [1.165, 1.54) is 18.1 Å². The zero-order valence-electron chi connectivity index (χ0n) is 22.1. The monoisotopic (exact) mass is 557 g/mol. The summed E-state index contributed by atoms with van der Waals surface area (Å²) in [4.78, 5) is 27.9. The van der Waals surface area contributed by atoms with Crippen LogP contribution in [0.3, 0.4) is 0 Å². The lowest BCUT2D eigenvalue weighted by Crippen LogP contribution is -2.52. The van der Waals surface area contributed by atoms with Gasteiger partial charge in [0, 0.05) is 13.1 Å². The highest BCUT2D eigenvalue weighted by molar-refractivity contribution is 7.92. The summed E-state index contributed by atoms with van der Waals surface area (Å²) in [6.45, 7) is 5.07. The summed E-state index contributed by atoms with van der Waals surface area (Å²) in [5, 5.41) is 2.80. The summed E-state index contributed by atoms with van der Waals surface area (Å²) in [5.74, 6) is -0.487. The van der Waals surface area contributed by atoms with E-state index in [1.54, 1.807) is 31.2 Å². The summed E-state index contributed by atoms with van der Waals surface area (Å²) < 4.78 is 71.0. The maximum absolute atomic E-state index is 13.6. The van der Waals surface area contributed by atoms with Crippen molar-refractivity contribution in [1.29, 1.82) is 0 Å². The van der Waals surface area contributed by atoms with Gasteiger partial charge in [0.2, 0.25) is 21.8 Å². The molecule has 0 aromatic heterocycles. The highest BCUT2D eigenvalue weighted by atomic mass is 32.2. The molecule has 1 atom stereocenters. The zero-order valence-corrected chi connectivity index (χ0v) is 22.9. The van der Waals surface area contributed by atoms with Gasteiger partial charge in [0.05, 0.1) is 24.6 Å². The van der Waals surface area contributed by atoms with Gasteiger partial charge >= 0.3 is 6.18 Å². The Morgan fingerprint density at radius 2 is 1.74 bits per heavy atom. The van der Waals surface area contributed by atoms with Gasteiger partial charge in [-0.25, -0.2) is 8.42 Å². The van der Waals surface area contributed by atoms with Gasteiger partial charge in [0.15, 0.2) is 0 Å². The zero-order chi connectivity index (χ0) is 28.7. The number of carbonyl (C=O) groups excluding carboxylic acids is 2. The van der Waals surface area contributed by atoms with Gasteiger partial charge in [-0.05, 0) is 48.2 Å². The van der Waals surface area contributed by atoms with Crippen LogP contribution in [0.1, 0.15) is 38.3 Å². The fourth-order valence-corrected chi connectivity index (χ4v) is 4.60. The average molecular weight is 558 g/mol. The predicted octanol–water partition coefficient (Wildman–Crippen LogP) is 4.06. The van der Waals surface area contributed by atoms with E-state index in [0.717, 1.165) is 18.4 Å². The number of amides is 2. The molecule has 0 bridgehead atoms. The fourth-order valence-electron chi connectivity index (χ4n) is 3.76. The number of nitrogens with one attached hydrogen (secondary N) is 1. The molecule has 2 aromatic rings. The number of carbonyl (C=O) groups is 2. The van der Waals surface area contributed by atoms with Gasteiger partial charge in [0.25, 0.3) is 0 Å². The first-order chi connectivity index (χ1) is 17.7. The van der Waals surface area contributed by atoms with Crippen LogP contribution in [-0.2, 0) is 32.3 Å². The topological polar surface area (TPSA) is 96.0 Å². The number of hydrogen-bond donors (Lipinski definition) is 1. The number of halogens is 3. The first-order valence-electron chi connectivity index (χ1n) is 12.0. The number of alkyl halides is 3. The van der Waals surface area contributed by atoms with E-state index in [0.29, 0.717) is 28.2 Å². The molecule has 2 aromatic carbocycles. The molecule has 0 heterocycles. The third-order valence-corrected chi connectivity index (χ3v) is 6.84. The number of methoxy groups -OCH3 is 1. The van der Waals surface area contributed by atoms with Crippen LogP contribution in [0.2, 0.25) is 0 Å². The summed E-state index contributed by atoms with van der Waals surface area (Å²) in [6, 6.07) is 9.62. The largest absolute Gasteiger partial charge is 0.497 e. The van der Waals surface area contributed by atoms with E-state index >= 15 is 0 Å². The third-order valence-electron chi connectivity index (χ3n) is 5.70. The normalized spacial score (nSPS) is 12.7. The molecule has 0 radical (unpaired) electrons. The lowest BCUT2D eigenvalue weighted by molar-refractivity contribution is -0.140. The van der Waals surface area contributed by atoms with Crippen LogP contribution in [0.25, 0.3) is 0 Å². The second-order valence-electron chi connectivity index (χ2n) is 9.25. The Bertz CT molecular complexity index is 1220. The Kier molecular flexibility index (Phi) is 10.6. The van der Waals surface area contributed by atoms with Gasteiger partial charge in [0.1, 0.15) is 18.3 Å². The third kappa shape index (κ3) is 8.64. The molecule has 0 fully saturated rings. The molecule has 0 aliphatic heterocycles. The molecule has 0 saturated carbocycles. The molecule has 0 aliphatic carbocycles. The minimum Gasteiger partial charge on any atom is -0.497 e. The van der Waals surface area contributed by atoms with Crippen molar-refractivity contribution in [3.63, 3.8) is 0 Å². The van der Waals surface area contributed by atoms with Crippen molar-refractivity contribution in [1.82, 2.24) is 10.2 Å². The number of benzene rings is 2. The first-order valence-corrected chi connectivity index (χ1v) is 13.9. The molecule has 8 nitrogen and oxygen atoms in total. The Morgan fingerprint density at radius 3 is 2.29 bits per heavy atom. The van der Waals surface area contributed by atoms with Crippen molar-refractivity contribution in [3.8, 4) is 5.75 Å². The summed E-state index contributed by atoms with van der Waals surface area (Å²) in [7, 11) is -2.69. The number of hydrogen-bond acceptors (Lipinski definition) is 5. The van der Waals surface area contributed by atoms with Crippen LogP contribution >= 0.6 is 0 Å². The van der Waals surface area contributed by atoms with Gasteiger partial charge in [-0.3, -0.25) is 13.9 Å². The lowest BCUT2D eigenvalue weighted by atomic mass is 10.1. The Balaban J connectivity index is 2.49. The first kappa shape index (κ1) is 30.9. The highest BCUT2D eigenvalue weighted by Gasteiger charge is 2.34. The fraction of sp³-hybridized carbons (Fsp3) is 0.462. The quantitative estimate of drug-likeness (QED) is 0.425. The van der Waals surface area contributed by atoms with Crippen LogP contribution in [0.5, 0.6) is 5.75 Å². The van der Waals surface area contributed by atoms with Crippen molar-refractivity contribution in [2.24, 2.45) is 5.92 Å². The van der Waals surface area contributed by atoms with Crippen molar-refractivity contribution >= 4 is 27.5 Å². The number of nitrogens with zero attached hydrogens (tertiary/aromatic N) is 2. The minimum absolute atomic E-state index is 0.0518. The van der Waals surface area contributed by atoms with E-state index in [-0.39, 0.29) is 24.6 Å². The van der Waals surface area contributed by atoms with Crippen molar-refractivity contribution < 1.29 is 35.9 Å². The second kappa shape index (κ2) is 13.0. The van der Waals surface area contributed by atoms with E-state index < -0.39 is 46.2 Å². The maximum atomic E-state index is 13.6. The van der Waals surface area contributed by atoms with Crippen molar-refractivity contribution in [2.45, 2.75) is 46.0 Å². The molecule has 0 spiro atoms. The molecule has 0 unspecified atom stereocenters. The molecule has 2 rings (SSSR count). The smallest absolute Gasteiger partial charge is 0.416 e. The SMILES string of the molecule is CC[C@H](C(=O)NCC(C)C)N(Cc1cccc(OC)c1)C(=O)CN(c1cccc(C(F)(F)F)c1)S(C)(=O)=O. The number of rotatable bonds is 12. The lowest BCUT2D eigenvalue weighted by Gasteiger charge is -2.33. The molecular weight excluding hydrogens is 523 g/mol. The van der Waals surface area contributed by atoms with E-state index in [2.05, 4.69) is 5.32 Å². The molecule has 2 amide bonds. The number of anilines is 1. The molecular formula is C26H34F3N3O5S. The second-order valence-corrected chi connectivity index (χ2v) is 11.2. The average Bonchev–Trinajstić information content (AvgIpc) is 2.84.